The van der Waals surface area contributed by atoms with Crippen LogP contribution in [0.4, 0.5) is 5.82 Å². The Morgan fingerprint density at radius 3 is 2.74 bits per heavy atom. The molecule has 0 aliphatic rings. The van der Waals surface area contributed by atoms with E-state index in [2.05, 4.69) is 25.9 Å². The summed E-state index contributed by atoms with van der Waals surface area (Å²) in [5.74, 6) is 0.676. The molecule has 0 bridgehead atoms. The minimum Gasteiger partial charge on any atom is -0.297 e. The third-order valence-corrected chi connectivity index (χ3v) is 5.65. The van der Waals surface area contributed by atoms with Crippen LogP contribution >= 0.6 is 27.3 Å². The number of carbonyl (C=O) groups excluding carboxylic acids is 1. The molecule has 5 nitrogen and oxygen atoms in total. The number of likely N-dealkylation sites (N-methyl/N-ethyl adjacent to an activating group) is 1. The Morgan fingerprint density at radius 1 is 1.22 bits per heavy atom. The van der Waals surface area contributed by atoms with E-state index in [1.165, 1.54) is 0 Å². The van der Waals surface area contributed by atoms with Crippen molar-refractivity contribution in [1.82, 2.24) is 14.4 Å². The van der Waals surface area contributed by atoms with Crippen LogP contribution in [0, 0.1) is 0 Å². The summed E-state index contributed by atoms with van der Waals surface area (Å²) in [4.78, 5) is 24.5. The Kier molecular flexibility index (Phi) is 5.05. The van der Waals surface area contributed by atoms with E-state index in [-0.39, 0.29) is 5.91 Å². The summed E-state index contributed by atoms with van der Waals surface area (Å²) in [5, 5.41) is 2.00. The number of imidazole rings is 1. The number of hydrogen-bond acceptors (Lipinski definition) is 4. The lowest BCUT2D eigenvalue weighted by Gasteiger charge is -2.19. The molecule has 4 aromatic rings. The van der Waals surface area contributed by atoms with Crippen molar-refractivity contribution < 1.29 is 4.79 Å². The SMILES string of the molecule is CCN(C(=O)Cc1csc2nc(-c3ccccc3)cn12)c1ccc(Br)cn1. The van der Waals surface area contributed by atoms with E-state index in [1.807, 2.05) is 65.4 Å². The van der Waals surface area contributed by atoms with Gasteiger partial charge in [0.25, 0.3) is 0 Å². The molecule has 1 aromatic carbocycles. The molecule has 136 valence electrons. The normalized spacial score (nSPS) is 11.0. The molecule has 0 saturated heterocycles. The second-order valence-corrected chi connectivity index (χ2v) is 7.77. The summed E-state index contributed by atoms with van der Waals surface area (Å²) in [6, 6.07) is 13.8. The van der Waals surface area contributed by atoms with E-state index in [4.69, 9.17) is 0 Å². The van der Waals surface area contributed by atoms with Crippen molar-refractivity contribution in [3.8, 4) is 11.3 Å². The zero-order chi connectivity index (χ0) is 18.8. The molecule has 7 heteroatoms. The monoisotopic (exact) mass is 440 g/mol. The summed E-state index contributed by atoms with van der Waals surface area (Å²) < 4.78 is 2.90. The fraction of sp³-hybridized carbons (Fsp3) is 0.150. The zero-order valence-electron chi connectivity index (χ0n) is 14.7. The Hall–Kier alpha value is -2.51. The molecule has 0 fully saturated rings. The first kappa shape index (κ1) is 17.9. The molecule has 0 aliphatic heterocycles. The van der Waals surface area contributed by atoms with Gasteiger partial charge >= 0.3 is 0 Å². The van der Waals surface area contributed by atoms with Gasteiger partial charge in [0.1, 0.15) is 5.82 Å². The summed E-state index contributed by atoms with van der Waals surface area (Å²) in [6.07, 6.45) is 4.00. The van der Waals surface area contributed by atoms with E-state index < -0.39 is 0 Å². The van der Waals surface area contributed by atoms with Gasteiger partial charge in [0.2, 0.25) is 5.91 Å². The largest absolute Gasteiger partial charge is 0.297 e. The Morgan fingerprint density at radius 2 is 2.04 bits per heavy atom. The van der Waals surface area contributed by atoms with Gasteiger partial charge in [-0.3, -0.25) is 14.1 Å². The van der Waals surface area contributed by atoms with Crippen molar-refractivity contribution >= 4 is 44.0 Å². The standard InChI is InChI=1S/C20H17BrN4OS/c1-2-24(18-9-8-15(21)11-22-18)19(26)10-16-13-27-20-23-17(12-25(16)20)14-6-4-3-5-7-14/h3-9,11-13H,2,10H2,1H3. The number of thiazole rings is 1. The van der Waals surface area contributed by atoms with Gasteiger partial charge in [0, 0.05) is 40.0 Å². The number of fused-ring (bicyclic) bond motifs is 1. The molecule has 0 radical (unpaired) electrons. The van der Waals surface area contributed by atoms with Crippen LogP contribution in [0.2, 0.25) is 0 Å². The first-order valence-electron chi connectivity index (χ1n) is 8.58. The van der Waals surface area contributed by atoms with Crippen molar-refractivity contribution in [2.75, 3.05) is 11.4 Å². The van der Waals surface area contributed by atoms with Crippen molar-refractivity contribution in [1.29, 1.82) is 0 Å². The van der Waals surface area contributed by atoms with Crippen LogP contribution in [0.25, 0.3) is 16.2 Å². The van der Waals surface area contributed by atoms with Gasteiger partial charge in [-0.2, -0.15) is 0 Å². The summed E-state index contributed by atoms with van der Waals surface area (Å²) in [5.41, 5.74) is 2.92. The van der Waals surface area contributed by atoms with Gasteiger partial charge in [-0.05, 0) is 35.0 Å². The predicted molar refractivity (Wildman–Crippen MR) is 112 cm³/mol. The van der Waals surface area contributed by atoms with Crippen molar-refractivity contribution in [2.24, 2.45) is 0 Å². The van der Waals surface area contributed by atoms with E-state index in [0.717, 1.165) is 26.4 Å². The summed E-state index contributed by atoms with van der Waals surface area (Å²) >= 11 is 4.92. The van der Waals surface area contributed by atoms with E-state index in [9.17, 15) is 4.79 Å². The zero-order valence-corrected chi connectivity index (χ0v) is 17.1. The molecule has 0 saturated carbocycles. The second kappa shape index (κ2) is 7.62. The van der Waals surface area contributed by atoms with Crippen molar-refractivity contribution in [2.45, 2.75) is 13.3 Å². The Balaban J connectivity index is 1.60. The molecule has 3 heterocycles. The minimum atomic E-state index is 0.0157. The number of amides is 1. The lowest BCUT2D eigenvalue weighted by molar-refractivity contribution is -0.118. The lowest BCUT2D eigenvalue weighted by Crippen LogP contribution is -2.32. The maximum Gasteiger partial charge on any atom is 0.234 e. The fourth-order valence-corrected chi connectivity index (χ4v) is 4.06. The highest BCUT2D eigenvalue weighted by atomic mass is 79.9. The van der Waals surface area contributed by atoms with Gasteiger partial charge in [0.15, 0.2) is 4.96 Å². The maximum atomic E-state index is 12.9. The minimum absolute atomic E-state index is 0.0157. The highest BCUT2D eigenvalue weighted by Crippen LogP contribution is 2.24. The average Bonchev–Trinajstić information content (AvgIpc) is 3.27. The molecular weight excluding hydrogens is 424 g/mol. The van der Waals surface area contributed by atoms with Crippen LogP contribution in [0.3, 0.4) is 0 Å². The van der Waals surface area contributed by atoms with Gasteiger partial charge in [-0.1, -0.05) is 30.3 Å². The molecule has 0 spiro atoms. The van der Waals surface area contributed by atoms with Crippen molar-refractivity contribution in [3.63, 3.8) is 0 Å². The number of rotatable bonds is 5. The number of benzene rings is 1. The highest BCUT2D eigenvalue weighted by Gasteiger charge is 2.18. The first-order valence-corrected chi connectivity index (χ1v) is 10.3. The fourth-order valence-electron chi connectivity index (χ4n) is 2.95. The third kappa shape index (κ3) is 3.65. The topological polar surface area (TPSA) is 50.5 Å². The number of pyridine rings is 1. The molecule has 0 unspecified atom stereocenters. The van der Waals surface area contributed by atoms with Crippen LogP contribution in [0.15, 0.2) is 64.7 Å². The molecule has 4 rings (SSSR count). The second-order valence-electron chi connectivity index (χ2n) is 6.02. The van der Waals surface area contributed by atoms with E-state index in [0.29, 0.717) is 18.8 Å². The molecule has 0 atom stereocenters. The third-order valence-electron chi connectivity index (χ3n) is 4.29. The number of anilines is 1. The van der Waals surface area contributed by atoms with Gasteiger partial charge in [-0.15, -0.1) is 11.3 Å². The van der Waals surface area contributed by atoms with Crippen LogP contribution in [0.1, 0.15) is 12.6 Å². The summed E-state index contributed by atoms with van der Waals surface area (Å²) in [6.45, 7) is 2.52. The number of halogens is 1. The molecule has 0 aliphatic carbocycles. The number of aromatic nitrogens is 3. The lowest BCUT2D eigenvalue weighted by atomic mass is 10.2. The smallest absolute Gasteiger partial charge is 0.234 e. The van der Waals surface area contributed by atoms with Crippen LogP contribution in [0.5, 0.6) is 0 Å². The summed E-state index contributed by atoms with van der Waals surface area (Å²) in [7, 11) is 0. The Bertz CT molecular complexity index is 1070. The highest BCUT2D eigenvalue weighted by molar-refractivity contribution is 9.10. The average molecular weight is 441 g/mol. The van der Waals surface area contributed by atoms with Crippen LogP contribution in [-0.4, -0.2) is 26.8 Å². The van der Waals surface area contributed by atoms with Gasteiger partial charge in [0.05, 0.1) is 12.1 Å². The molecule has 3 aromatic heterocycles. The number of hydrogen-bond donors (Lipinski definition) is 0. The van der Waals surface area contributed by atoms with E-state index in [1.54, 1.807) is 22.4 Å². The van der Waals surface area contributed by atoms with Gasteiger partial charge in [-0.25, -0.2) is 9.97 Å². The quantitative estimate of drug-likeness (QED) is 0.447. The van der Waals surface area contributed by atoms with Gasteiger partial charge < -0.3 is 0 Å². The molecule has 27 heavy (non-hydrogen) atoms. The maximum absolute atomic E-state index is 12.9. The van der Waals surface area contributed by atoms with E-state index >= 15 is 0 Å². The Labute approximate surface area is 169 Å². The number of nitrogens with zero attached hydrogens (tertiary/aromatic N) is 4. The molecule has 1 amide bonds. The van der Waals surface area contributed by atoms with Crippen molar-refractivity contribution in [3.05, 3.63) is 70.4 Å². The molecule has 0 N–H and O–H groups in total. The number of carbonyl (C=O) groups is 1. The molecular formula is C20H17BrN4OS. The van der Waals surface area contributed by atoms with Crippen LogP contribution < -0.4 is 4.90 Å². The van der Waals surface area contributed by atoms with Crippen LogP contribution in [-0.2, 0) is 11.2 Å². The first-order chi connectivity index (χ1) is 13.2. The predicted octanol–water partition coefficient (Wildman–Crippen LogP) is 4.82.